The Labute approximate surface area is 151 Å². The predicted octanol–water partition coefficient (Wildman–Crippen LogP) is 3.11. The number of hydrogen-bond acceptors (Lipinski definition) is 6. The van der Waals surface area contributed by atoms with E-state index in [0.717, 1.165) is 6.07 Å². The van der Waals surface area contributed by atoms with Crippen LogP contribution in [0.2, 0.25) is 0 Å². The fourth-order valence-electron chi connectivity index (χ4n) is 3.12. The van der Waals surface area contributed by atoms with Crippen molar-refractivity contribution in [2.75, 3.05) is 18.0 Å². The van der Waals surface area contributed by atoms with Crippen molar-refractivity contribution >= 4 is 17.3 Å². The molecule has 0 bridgehead atoms. The Bertz CT molecular complexity index is 706. The molecule has 7 nitrogen and oxygen atoms in total. The number of carbonyl (C=O) groups is 1. The monoisotopic (exact) mass is 368 g/mol. The first-order valence-electron chi connectivity index (χ1n) is 8.54. The van der Waals surface area contributed by atoms with E-state index in [1.54, 1.807) is 27.7 Å². The zero-order valence-corrected chi connectivity index (χ0v) is 15.5. The number of rotatable bonds is 4. The summed E-state index contributed by atoms with van der Waals surface area (Å²) in [7, 11) is 0. The summed E-state index contributed by atoms with van der Waals surface area (Å²) in [6.07, 6.45) is 0.556. The van der Waals surface area contributed by atoms with Gasteiger partial charge in [0.25, 0.3) is 0 Å². The van der Waals surface area contributed by atoms with Crippen LogP contribution in [-0.4, -0.2) is 40.3 Å². The van der Waals surface area contributed by atoms with Crippen molar-refractivity contribution in [3.63, 3.8) is 0 Å². The van der Waals surface area contributed by atoms with Crippen LogP contribution in [-0.2, 0) is 9.53 Å². The summed E-state index contributed by atoms with van der Waals surface area (Å²) in [5, 5.41) is 21.5. The molecule has 1 fully saturated rings. The maximum atomic E-state index is 13.9. The molecule has 1 N–H and O–H groups in total. The van der Waals surface area contributed by atoms with Gasteiger partial charge in [-0.25, -0.2) is 0 Å². The Morgan fingerprint density at radius 2 is 1.96 bits per heavy atom. The van der Waals surface area contributed by atoms with E-state index in [1.807, 2.05) is 4.90 Å². The van der Waals surface area contributed by atoms with Crippen molar-refractivity contribution in [1.82, 2.24) is 0 Å². The van der Waals surface area contributed by atoms with E-state index >= 15 is 0 Å². The number of nitrogens with zero attached hydrogens (tertiary/aromatic N) is 2. The number of ether oxygens (including phenoxy) is 1. The molecule has 1 heterocycles. The van der Waals surface area contributed by atoms with Gasteiger partial charge in [0.2, 0.25) is 5.82 Å². The van der Waals surface area contributed by atoms with Gasteiger partial charge in [-0.05, 0) is 46.1 Å². The third-order valence-electron chi connectivity index (χ3n) is 4.39. The summed E-state index contributed by atoms with van der Waals surface area (Å²) in [5.41, 5.74) is -1.17. The highest BCUT2D eigenvalue weighted by Crippen LogP contribution is 2.33. The van der Waals surface area contributed by atoms with Crippen molar-refractivity contribution in [3.05, 3.63) is 33.6 Å². The lowest BCUT2D eigenvalue weighted by molar-refractivity contribution is -0.387. The Hall–Kier alpha value is -2.22. The van der Waals surface area contributed by atoms with Crippen LogP contribution in [0, 0.1) is 22.9 Å². The smallest absolute Gasteiger partial charge is 0.309 e. The standard InChI is InChI=1S/C18H25FN2O5/c1-12-9-15(21(24)25)13(19)10-14(12)20-7-5-18(23,6-8-20)11-16(22)26-17(2,3)4/h9-10,23H,5-8,11H2,1-4H3. The van der Waals surface area contributed by atoms with Gasteiger partial charge in [-0.1, -0.05) is 0 Å². The summed E-state index contributed by atoms with van der Waals surface area (Å²) >= 11 is 0. The van der Waals surface area contributed by atoms with Gasteiger partial charge in [0.05, 0.1) is 16.9 Å². The minimum absolute atomic E-state index is 0.0916. The molecule has 1 saturated heterocycles. The van der Waals surface area contributed by atoms with Crippen molar-refractivity contribution in [3.8, 4) is 0 Å². The fourth-order valence-corrected chi connectivity index (χ4v) is 3.12. The fraction of sp³-hybridized carbons (Fsp3) is 0.611. The summed E-state index contributed by atoms with van der Waals surface area (Å²) < 4.78 is 19.2. The first-order valence-corrected chi connectivity index (χ1v) is 8.54. The molecular weight excluding hydrogens is 343 g/mol. The molecule has 0 amide bonds. The van der Waals surface area contributed by atoms with Crippen molar-refractivity contribution in [1.29, 1.82) is 0 Å². The molecule has 0 radical (unpaired) electrons. The number of aliphatic hydroxyl groups is 1. The molecule has 1 aliphatic heterocycles. The first-order chi connectivity index (χ1) is 11.9. The highest BCUT2D eigenvalue weighted by atomic mass is 19.1. The molecule has 0 saturated carbocycles. The van der Waals surface area contributed by atoms with Crippen LogP contribution in [0.25, 0.3) is 0 Å². The van der Waals surface area contributed by atoms with E-state index in [1.165, 1.54) is 6.07 Å². The highest BCUT2D eigenvalue weighted by molar-refractivity contribution is 5.71. The number of anilines is 1. The normalized spacial score (nSPS) is 17.1. The average molecular weight is 368 g/mol. The van der Waals surface area contributed by atoms with Gasteiger partial charge in [0, 0.05) is 30.9 Å². The number of nitro groups is 1. The number of benzene rings is 1. The zero-order chi connectivity index (χ0) is 19.7. The second-order valence-electron chi connectivity index (χ2n) is 7.82. The summed E-state index contributed by atoms with van der Waals surface area (Å²) in [5.74, 6) is -1.34. The molecule has 0 aliphatic carbocycles. The maximum absolute atomic E-state index is 13.9. The van der Waals surface area contributed by atoms with E-state index in [2.05, 4.69) is 0 Å². The second-order valence-corrected chi connectivity index (χ2v) is 7.82. The van der Waals surface area contributed by atoms with Gasteiger partial charge >= 0.3 is 11.7 Å². The number of esters is 1. The van der Waals surface area contributed by atoms with Gasteiger partial charge in [-0.2, -0.15) is 4.39 Å². The van der Waals surface area contributed by atoms with Crippen LogP contribution < -0.4 is 4.90 Å². The van der Waals surface area contributed by atoms with Crippen LogP contribution in [0.15, 0.2) is 12.1 Å². The SMILES string of the molecule is Cc1cc([N+](=O)[O-])c(F)cc1N1CCC(O)(CC(=O)OC(C)(C)C)CC1. The maximum Gasteiger partial charge on any atom is 0.309 e. The number of carbonyl (C=O) groups excluding carboxylic acids is 1. The lowest BCUT2D eigenvalue weighted by Gasteiger charge is -2.39. The minimum Gasteiger partial charge on any atom is -0.460 e. The lowest BCUT2D eigenvalue weighted by Crippen LogP contribution is -2.46. The highest BCUT2D eigenvalue weighted by Gasteiger charge is 2.36. The molecule has 0 atom stereocenters. The van der Waals surface area contributed by atoms with E-state index in [0.29, 0.717) is 37.2 Å². The number of hydrogen-bond donors (Lipinski definition) is 1. The Morgan fingerprint density at radius 3 is 2.46 bits per heavy atom. The van der Waals surface area contributed by atoms with Crippen molar-refractivity contribution < 1.29 is 24.0 Å². The number of piperidine rings is 1. The quantitative estimate of drug-likeness (QED) is 0.499. The van der Waals surface area contributed by atoms with Gasteiger partial charge in [0.1, 0.15) is 5.60 Å². The van der Waals surface area contributed by atoms with Gasteiger partial charge in [-0.3, -0.25) is 14.9 Å². The van der Waals surface area contributed by atoms with Crippen LogP contribution in [0.3, 0.4) is 0 Å². The molecule has 0 aromatic heterocycles. The van der Waals surface area contributed by atoms with E-state index in [4.69, 9.17) is 4.74 Å². The molecule has 0 unspecified atom stereocenters. The predicted molar refractivity (Wildman–Crippen MR) is 94.7 cm³/mol. The number of aryl methyl sites for hydroxylation is 1. The number of nitro benzene ring substituents is 1. The topological polar surface area (TPSA) is 92.9 Å². The van der Waals surface area contributed by atoms with Crippen LogP contribution >= 0.6 is 0 Å². The van der Waals surface area contributed by atoms with Crippen LogP contribution in [0.5, 0.6) is 0 Å². The lowest BCUT2D eigenvalue weighted by atomic mass is 9.87. The van der Waals surface area contributed by atoms with E-state index in [9.17, 15) is 24.4 Å². The van der Waals surface area contributed by atoms with E-state index < -0.39 is 33.6 Å². The summed E-state index contributed by atoms with van der Waals surface area (Å²) in [4.78, 5) is 23.9. The minimum atomic E-state index is -1.16. The van der Waals surface area contributed by atoms with Crippen molar-refractivity contribution in [2.24, 2.45) is 0 Å². The summed E-state index contributed by atoms with van der Waals surface area (Å²) in [6, 6.07) is 2.37. The van der Waals surface area contributed by atoms with Crippen LogP contribution in [0.4, 0.5) is 15.8 Å². The van der Waals surface area contributed by atoms with Crippen LogP contribution in [0.1, 0.15) is 45.6 Å². The molecule has 144 valence electrons. The molecule has 8 heteroatoms. The molecule has 1 aromatic carbocycles. The van der Waals surface area contributed by atoms with Gasteiger partial charge < -0.3 is 14.7 Å². The Balaban J connectivity index is 2.05. The Kier molecular flexibility index (Phi) is 5.55. The second kappa shape index (κ2) is 7.19. The molecular formula is C18H25FN2O5. The number of halogens is 1. The third-order valence-corrected chi connectivity index (χ3v) is 4.39. The van der Waals surface area contributed by atoms with Crippen molar-refractivity contribution in [2.45, 2.75) is 58.2 Å². The third kappa shape index (κ3) is 4.91. The van der Waals surface area contributed by atoms with Gasteiger partial charge in [-0.15, -0.1) is 0 Å². The van der Waals surface area contributed by atoms with E-state index in [-0.39, 0.29) is 6.42 Å². The first kappa shape index (κ1) is 20.1. The molecule has 2 rings (SSSR count). The molecule has 26 heavy (non-hydrogen) atoms. The average Bonchev–Trinajstić information content (AvgIpc) is 2.47. The Morgan fingerprint density at radius 1 is 1.38 bits per heavy atom. The summed E-state index contributed by atoms with van der Waals surface area (Å²) in [6.45, 7) is 7.81. The molecule has 0 spiro atoms. The van der Waals surface area contributed by atoms with Gasteiger partial charge in [0.15, 0.2) is 0 Å². The molecule has 1 aliphatic rings. The largest absolute Gasteiger partial charge is 0.460 e. The zero-order valence-electron chi connectivity index (χ0n) is 15.5. The molecule has 1 aromatic rings.